The zero-order valence-electron chi connectivity index (χ0n) is 14.5. The van der Waals surface area contributed by atoms with E-state index >= 15 is 0 Å². The quantitative estimate of drug-likeness (QED) is 0.804. The van der Waals surface area contributed by atoms with Crippen LogP contribution in [0, 0.1) is 5.41 Å². The van der Waals surface area contributed by atoms with Crippen molar-refractivity contribution in [2.75, 3.05) is 6.54 Å². The van der Waals surface area contributed by atoms with Gasteiger partial charge in [0.05, 0.1) is 0 Å². The van der Waals surface area contributed by atoms with Crippen molar-refractivity contribution in [2.24, 2.45) is 5.41 Å². The van der Waals surface area contributed by atoms with E-state index < -0.39 is 28.4 Å². The SMILES string of the molecule is CC(C)(C)[S@@+]([O-])NC1CC2(CCN1C(=O)O)Cc1ccccc1C2. The largest absolute Gasteiger partial charge is 0.598 e. The molecule has 2 aliphatic rings. The Labute approximate surface area is 146 Å². The minimum absolute atomic E-state index is 0.0788. The van der Waals surface area contributed by atoms with Crippen molar-refractivity contribution in [2.45, 2.75) is 57.4 Å². The molecular formula is C18H26N2O3S. The van der Waals surface area contributed by atoms with Gasteiger partial charge in [-0.2, -0.15) is 0 Å². The Bertz CT molecular complexity index is 604. The van der Waals surface area contributed by atoms with Gasteiger partial charge >= 0.3 is 6.09 Å². The summed E-state index contributed by atoms with van der Waals surface area (Å²) in [6, 6.07) is 8.47. The molecule has 1 spiro atoms. The highest BCUT2D eigenvalue weighted by molar-refractivity contribution is 7.90. The average Bonchev–Trinajstić information content (AvgIpc) is 2.83. The molecular weight excluding hydrogens is 324 g/mol. The van der Waals surface area contributed by atoms with Crippen molar-refractivity contribution in [3.05, 3.63) is 35.4 Å². The highest BCUT2D eigenvalue weighted by Gasteiger charge is 2.47. The zero-order valence-corrected chi connectivity index (χ0v) is 15.4. The van der Waals surface area contributed by atoms with Crippen molar-refractivity contribution in [1.82, 2.24) is 9.62 Å². The highest BCUT2D eigenvalue weighted by atomic mass is 32.2. The Morgan fingerprint density at radius 2 is 1.92 bits per heavy atom. The summed E-state index contributed by atoms with van der Waals surface area (Å²) in [5, 5.41) is 9.52. The Morgan fingerprint density at radius 3 is 2.42 bits per heavy atom. The minimum Gasteiger partial charge on any atom is -0.598 e. The van der Waals surface area contributed by atoms with E-state index in [0.717, 1.165) is 19.3 Å². The lowest BCUT2D eigenvalue weighted by Gasteiger charge is -2.44. The van der Waals surface area contributed by atoms with Crippen LogP contribution in [0.5, 0.6) is 0 Å². The summed E-state index contributed by atoms with van der Waals surface area (Å²) < 4.78 is 15.2. The first-order chi connectivity index (χ1) is 11.2. The van der Waals surface area contributed by atoms with Crippen LogP contribution in [0.15, 0.2) is 24.3 Å². The van der Waals surface area contributed by atoms with Gasteiger partial charge in [0.1, 0.15) is 10.9 Å². The highest BCUT2D eigenvalue weighted by Crippen LogP contribution is 2.46. The van der Waals surface area contributed by atoms with Gasteiger partial charge in [0.25, 0.3) is 0 Å². The topological polar surface area (TPSA) is 75.6 Å². The van der Waals surface area contributed by atoms with E-state index in [9.17, 15) is 14.5 Å². The van der Waals surface area contributed by atoms with Crippen molar-refractivity contribution in [3.63, 3.8) is 0 Å². The molecule has 2 atom stereocenters. The lowest BCUT2D eigenvalue weighted by Crippen LogP contribution is -2.59. The summed E-state index contributed by atoms with van der Waals surface area (Å²) in [5.74, 6) is 0. The maximum absolute atomic E-state index is 12.5. The number of nitrogens with zero attached hydrogens (tertiary/aromatic N) is 1. The lowest BCUT2D eigenvalue weighted by atomic mass is 9.75. The molecule has 5 nitrogen and oxygen atoms in total. The molecule has 2 N–H and O–H groups in total. The van der Waals surface area contributed by atoms with Crippen LogP contribution in [0.3, 0.4) is 0 Å². The van der Waals surface area contributed by atoms with E-state index in [0.29, 0.717) is 13.0 Å². The van der Waals surface area contributed by atoms with E-state index in [-0.39, 0.29) is 5.41 Å². The molecule has 1 aliphatic heterocycles. The second kappa shape index (κ2) is 6.24. The van der Waals surface area contributed by atoms with Gasteiger partial charge in [-0.15, -0.1) is 4.72 Å². The van der Waals surface area contributed by atoms with Crippen molar-refractivity contribution < 1.29 is 14.5 Å². The maximum Gasteiger partial charge on any atom is 0.408 e. The second-order valence-corrected chi connectivity index (χ2v) is 10.1. The van der Waals surface area contributed by atoms with Crippen LogP contribution in [0.1, 0.15) is 44.7 Å². The lowest BCUT2D eigenvalue weighted by molar-refractivity contribution is 0.0487. The van der Waals surface area contributed by atoms with Gasteiger partial charge in [-0.3, -0.25) is 4.90 Å². The number of piperidine rings is 1. The van der Waals surface area contributed by atoms with E-state index in [2.05, 4.69) is 29.0 Å². The van der Waals surface area contributed by atoms with Crippen molar-refractivity contribution in [1.29, 1.82) is 0 Å². The molecule has 1 fully saturated rings. The number of nitrogens with one attached hydrogen (secondary N) is 1. The Balaban J connectivity index is 1.79. The number of benzene rings is 1. The summed E-state index contributed by atoms with van der Waals surface area (Å²) in [4.78, 5) is 13.0. The number of carboxylic acid groups (broad SMARTS) is 1. The van der Waals surface area contributed by atoms with Crippen molar-refractivity contribution >= 4 is 17.5 Å². The van der Waals surface area contributed by atoms with Crippen LogP contribution < -0.4 is 4.72 Å². The van der Waals surface area contributed by atoms with Crippen LogP contribution in [0.4, 0.5) is 4.79 Å². The fourth-order valence-electron chi connectivity index (χ4n) is 3.86. The number of fused-ring (bicyclic) bond motifs is 1. The van der Waals surface area contributed by atoms with Gasteiger partial charge in [0, 0.05) is 17.9 Å². The molecule has 1 aromatic rings. The normalized spacial score (nSPS) is 24.0. The van der Waals surface area contributed by atoms with Crippen LogP contribution in [0.2, 0.25) is 0 Å². The molecule has 6 heteroatoms. The molecule has 1 unspecified atom stereocenters. The molecule has 1 saturated heterocycles. The van der Waals surface area contributed by atoms with E-state index in [4.69, 9.17) is 0 Å². The summed E-state index contributed by atoms with van der Waals surface area (Å²) in [6.07, 6.45) is 2.19. The van der Waals surface area contributed by atoms with Crippen molar-refractivity contribution in [3.8, 4) is 0 Å². The number of carbonyl (C=O) groups is 1. The van der Waals surface area contributed by atoms with Gasteiger partial charge in [0.15, 0.2) is 0 Å². The van der Waals surface area contributed by atoms with Crippen LogP contribution in [0.25, 0.3) is 0 Å². The minimum atomic E-state index is -1.29. The Morgan fingerprint density at radius 1 is 1.33 bits per heavy atom. The van der Waals surface area contributed by atoms with Gasteiger partial charge in [-0.05, 0) is 63.0 Å². The maximum atomic E-state index is 12.5. The molecule has 24 heavy (non-hydrogen) atoms. The average molecular weight is 350 g/mol. The molecule has 132 valence electrons. The van der Waals surface area contributed by atoms with Crippen LogP contribution in [-0.4, -0.2) is 38.1 Å². The molecule has 1 amide bonds. The smallest absolute Gasteiger partial charge is 0.408 e. The fraction of sp³-hybridized carbons (Fsp3) is 0.611. The number of likely N-dealkylation sites (tertiary alicyclic amines) is 1. The number of amides is 1. The Kier molecular flexibility index (Phi) is 4.57. The van der Waals surface area contributed by atoms with E-state index in [1.165, 1.54) is 16.0 Å². The van der Waals surface area contributed by atoms with Gasteiger partial charge < -0.3 is 9.66 Å². The fourth-order valence-corrected chi connectivity index (χ4v) is 4.68. The summed E-state index contributed by atoms with van der Waals surface area (Å²) in [6.45, 7) is 6.17. The third-order valence-corrected chi connectivity index (χ3v) is 6.78. The summed E-state index contributed by atoms with van der Waals surface area (Å²) >= 11 is -1.29. The first-order valence-corrected chi connectivity index (χ1v) is 9.60. The monoisotopic (exact) mass is 350 g/mol. The first kappa shape index (κ1) is 17.6. The number of hydrogen-bond acceptors (Lipinski definition) is 3. The molecule has 0 radical (unpaired) electrons. The van der Waals surface area contributed by atoms with Crippen LogP contribution in [-0.2, 0) is 24.2 Å². The Hall–Kier alpha value is -1.24. The van der Waals surface area contributed by atoms with E-state index in [1.54, 1.807) is 0 Å². The zero-order chi connectivity index (χ0) is 17.5. The molecule has 0 bridgehead atoms. The standard InChI is InChI=1S/C18H26N2O3S/c1-17(2,3)24(23)19-15-12-18(8-9-20(15)16(21)22)10-13-6-4-5-7-14(13)11-18/h4-7,15,19H,8-12H2,1-3H3,(H,21,22)/t15?,24-/m1/s1. The predicted molar refractivity (Wildman–Crippen MR) is 95.1 cm³/mol. The first-order valence-electron chi connectivity index (χ1n) is 8.45. The molecule has 1 heterocycles. The summed E-state index contributed by atoms with van der Waals surface area (Å²) in [5.41, 5.74) is 2.82. The molecule has 0 aromatic heterocycles. The predicted octanol–water partition coefficient (Wildman–Crippen LogP) is 2.92. The second-order valence-electron chi connectivity index (χ2n) is 8.07. The third-order valence-electron chi connectivity index (χ3n) is 5.18. The third kappa shape index (κ3) is 3.41. The molecule has 1 aromatic carbocycles. The molecule has 3 rings (SSSR count). The number of hydrogen-bond donors (Lipinski definition) is 2. The van der Waals surface area contributed by atoms with E-state index in [1.807, 2.05) is 20.8 Å². The van der Waals surface area contributed by atoms with Gasteiger partial charge in [0.2, 0.25) is 0 Å². The summed E-state index contributed by atoms with van der Waals surface area (Å²) in [7, 11) is 0. The van der Waals surface area contributed by atoms with Gasteiger partial charge in [-0.1, -0.05) is 24.3 Å². The van der Waals surface area contributed by atoms with Crippen LogP contribution >= 0.6 is 0 Å². The molecule has 0 saturated carbocycles. The van der Waals surface area contributed by atoms with Gasteiger partial charge in [-0.25, -0.2) is 4.79 Å². The molecule has 1 aliphatic carbocycles. The number of rotatable bonds is 2.